The van der Waals surface area contributed by atoms with Crippen molar-refractivity contribution in [3.8, 4) is 11.5 Å². The van der Waals surface area contributed by atoms with E-state index in [-0.39, 0.29) is 10.1 Å². The van der Waals surface area contributed by atoms with E-state index in [1.165, 1.54) is 0 Å². The lowest BCUT2D eigenvalue weighted by Crippen LogP contribution is -2.40. The van der Waals surface area contributed by atoms with Crippen molar-refractivity contribution >= 4 is 22.8 Å². The van der Waals surface area contributed by atoms with Crippen LogP contribution < -0.4 is 9.47 Å². The highest BCUT2D eigenvalue weighted by Gasteiger charge is 2.38. The monoisotopic (exact) mass is 558 g/mol. The third kappa shape index (κ3) is 8.04. The molecule has 0 spiro atoms. The lowest BCUT2D eigenvalue weighted by Gasteiger charge is -2.36. The van der Waals surface area contributed by atoms with E-state index >= 15 is 0 Å². The fraction of sp³-hybridized carbons (Fsp3) is 0.581. The van der Waals surface area contributed by atoms with Crippen molar-refractivity contribution in [3.05, 3.63) is 57.6 Å². The molecule has 0 N–H and O–H groups in total. The second-order valence-corrected chi connectivity index (χ2v) is 23.3. The summed E-state index contributed by atoms with van der Waals surface area (Å²) < 4.78 is 24.1. The van der Waals surface area contributed by atoms with Crippen LogP contribution in [0, 0.1) is 27.7 Å². The number of hydrogen-bond donors (Lipinski definition) is 0. The van der Waals surface area contributed by atoms with Crippen LogP contribution in [0.25, 0.3) is 0 Å². The second kappa shape index (κ2) is 11.7. The van der Waals surface area contributed by atoms with Crippen molar-refractivity contribution < 1.29 is 23.1 Å². The van der Waals surface area contributed by atoms with E-state index in [1.54, 1.807) is 0 Å². The quantitative estimate of drug-likeness (QED) is 0.183. The van der Waals surface area contributed by atoms with Gasteiger partial charge in [-0.3, -0.25) is 0 Å². The van der Waals surface area contributed by atoms with Gasteiger partial charge in [0.25, 0.3) is 0 Å². The van der Waals surface area contributed by atoms with Crippen LogP contribution in [0.4, 0.5) is 4.79 Å². The Bertz CT molecular complexity index is 1020. The van der Waals surface area contributed by atoms with E-state index in [0.717, 1.165) is 33.4 Å². The largest absolute Gasteiger partial charge is 0.519 e. The molecule has 2 aromatic rings. The second-order valence-electron chi connectivity index (χ2n) is 13.7. The summed E-state index contributed by atoms with van der Waals surface area (Å²) in [6, 6.07) is 8.10. The third-order valence-electron chi connectivity index (χ3n) is 8.22. The standard InChI is InChI=1S/C31H50O5Si2/c1-21-15-25(19-33-37(11,12)30(5,6)7)16-22(2)27(21)35-29(32)36-28-23(3)17-26(18-24(28)4)20-34-38(13,14)31(8,9)10/h15-18H,19-20H2,1-14H3. The highest BCUT2D eigenvalue weighted by atomic mass is 28.4. The van der Waals surface area contributed by atoms with Gasteiger partial charge in [-0.25, -0.2) is 4.79 Å². The Morgan fingerprint density at radius 3 is 1.11 bits per heavy atom. The Labute approximate surface area is 233 Å². The van der Waals surface area contributed by atoms with E-state index in [1.807, 2.05) is 52.0 Å². The van der Waals surface area contributed by atoms with E-state index in [0.29, 0.717) is 24.7 Å². The molecule has 0 aliphatic heterocycles. The van der Waals surface area contributed by atoms with Gasteiger partial charge in [-0.05, 0) is 97.3 Å². The van der Waals surface area contributed by atoms with Crippen LogP contribution >= 0.6 is 0 Å². The van der Waals surface area contributed by atoms with Gasteiger partial charge in [-0.15, -0.1) is 0 Å². The molecule has 0 saturated heterocycles. The number of rotatable bonds is 8. The van der Waals surface area contributed by atoms with Gasteiger partial charge in [0.05, 0.1) is 13.2 Å². The first-order valence-corrected chi connectivity index (χ1v) is 19.3. The maximum Gasteiger partial charge on any atom is 0.519 e. The van der Waals surface area contributed by atoms with Gasteiger partial charge in [0, 0.05) is 0 Å². The normalized spacial score (nSPS) is 13.0. The van der Waals surface area contributed by atoms with E-state index in [9.17, 15) is 4.79 Å². The molecule has 2 rings (SSSR count). The molecule has 0 aliphatic rings. The molecule has 0 fully saturated rings. The molecule has 0 radical (unpaired) electrons. The van der Waals surface area contributed by atoms with Gasteiger partial charge in [-0.2, -0.15) is 0 Å². The van der Waals surface area contributed by atoms with Crippen molar-refractivity contribution in [2.24, 2.45) is 0 Å². The number of ether oxygens (including phenoxy) is 2. The molecule has 38 heavy (non-hydrogen) atoms. The van der Waals surface area contributed by atoms with Crippen LogP contribution in [0.15, 0.2) is 24.3 Å². The van der Waals surface area contributed by atoms with Crippen molar-refractivity contribution in [2.45, 2.75) is 119 Å². The zero-order valence-electron chi connectivity index (χ0n) is 26.3. The summed E-state index contributed by atoms with van der Waals surface area (Å²) >= 11 is 0. The predicted octanol–water partition coefficient (Wildman–Crippen LogP) is 9.54. The summed E-state index contributed by atoms with van der Waals surface area (Å²) in [5, 5.41) is 0.298. The summed E-state index contributed by atoms with van der Waals surface area (Å²) in [7, 11) is -3.71. The highest BCUT2D eigenvalue weighted by molar-refractivity contribution is 6.74. The maximum atomic E-state index is 12.8. The molecule has 0 bridgehead atoms. The Balaban J connectivity index is 2.11. The van der Waals surface area contributed by atoms with Crippen LogP contribution in [0.2, 0.25) is 36.3 Å². The van der Waals surface area contributed by atoms with E-state index in [4.69, 9.17) is 18.3 Å². The Morgan fingerprint density at radius 1 is 0.605 bits per heavy atom. The molecule has 7 heteroatoms. The van der Waals surface area contributed by atoms with Crippen molar-refractivity contribution in [1.82, 2.24) is 0 Å². The van der Waals surface area contributed by atoms with Crippen molar-refractivity contribution in [2.75, 3.05) is 0 Å². The fourth-order valence-electron chi connectivity index (χ4n) is 3.72. The number of carbonyl (C=O) groups excluding carboxylic acids is 1. The minimum atomic E-state index is -1.86. The maximum absolute atomic E-state index is 12.8. The SMILES string of the molecule is Cc1cc(CO[Si](C)(C)C(C)(C)C)cc(C)c1OC(=O)Oc1c(C)cc(CO[Si](C)(C)C(C)(C)C)cc1C. The number of aryl methyl sites for hydroxylation is 4. The van der Waals surface area contributed by atoms with Gasteiger partial charge < -0.3 is 18.3 Å². The molecule has 0 heterocycles. The van der Waals surface area contributed by atoms with Crippen molar-refractivity contribution in [3.63, 3.8) is 0 Å². The molecule has 0 aromatic heterocycles. The van der Waals surface area contributed by atoms with Crippen LogP contribution in [-0.4, -0.2) is 22.8 Å². The predicted molar refractivity (Wildman–Crippen MR) is 162 cm³/mol. The van der Waals surface area contributed by atoms with Crippen molar-refractivity contribution in [1.29, 1.82) is 0 Å². The van der Waals surface area contributed by atoms with E-state index < -0.39 is 22.8 Å². The summed E-state index contributed by atoms with van der Waals surface area (Å²) in [6.45, 7) is 31.3. The number of hydrogen-bond acceptors (Lipinski definition) is 5. The Morgan fingerprint density at radius 2 is 0.868 bits per heavy atom. The van der Waals surface area contributed by atoms with Gasteiger partial charge in [0.2, 0.25) is 0 Å². The van der Waals surface area contributed by atoms with E-state index in [2.05, 4.69) is 67.7 Å². The van der Waals surface area contributed by atoms with Crippen LogP contribution in [0.1, 0.15) is 74.9 Å². The first-order valence-electron chi connectivity index (χ1n) is 13.5. The number of carbonyl (C=O) groups is 1. The molecule has 0 aliphatic carbocycles. The molecular formula is C31H50O5Si2. The molecule has 0 saturated carbocycles. The zero-order chi connectivity index (χ0) is 29.3. The third-order valence-corrected chi connectivity index (χ3v) is 17.2. The van der Waals surface area contributed by atoms with Crippen LogP contribution in [0.5, 0.6) is 11.5 Å². The molecule has 0 atom stereocenters. The molecule has 0 amide bonds. The summed E-state index contributed by atoms with van der Waals surface area (Å²) in [6.07, 6.45) is -0.738. The lowest BCUT2D eigenvalue weighted by molar-refractivity contribution is 0.150. The lowest BCUT2D eigenvalue weighted by atomic mass is 10.1. The summed E-state index contributed by atoms with van der Waals surface area (Å²) in [5.74, 6) is 1.06. The minimum absolute atomic E-state index is 0.149. The fourth-order valence-corrected chi connectivity index (χ4v) is 5.64. The van der Waals surface area contributed by atoms with Gasteiger partial charge >= 0.3 is 6.16 Å². The van der Waals surface area contributed by atoms with Gasteiger partial charge in [-0.1, -0.05) is 65.8 Å². The van der Waals surface area contributed by atoms with Gasteiger partial charge in [0.1, 0.15) is 11.5 Å². The Kier molecular flexibility index (Phi) is 9.91. The molecular weight excluding hydrogens is 509 g/mol. The molecule has 212 valence electrons. The number of benzene rings is 2. The first kappa shape index (κ1) is 32.3. The first-order chi connectivity index (χ1) is 17.1. The average molecular weight is 559 g/mol. The minimum Gasteiger partial charge on any atom is -0.413 e. The summed E-state index contributed by atoms with van der Waals surface area (Å²) in [4.78, 5) is 12.8. The van der Waals surface area contributed by atoms with Crippen LogP contribution in [-0.2, 0) is 22.1 Å². The molecule has 2 aromatic carbocycles. The highest BCUT2D eigenvalue weighted by Crippen LogP contribution is 2.38. The van der Waals surface area contributed by atoms with Gasteiger partial charge in [0.15, 0.2) is 16.6 Å². The molecule has 0 unspecified atom stereocenters. The molecule has 5 nitrogen and oxygen atoms in total. The topological polar surface area (TPSA) is 54.0 Å². The summed E-state index contributed by atoms with van der Waals surface area (Å²) in [5.41, 5.74) is 5.66. The smallest absolute Gasteiger partial charge is 0.413 e. The zero-order valence-corrected chi connectivity index (χ0v) is 28.3. The average Bonchev–Trinajstić information content (AvgIpc) is 2.74. The van der Waals surface area contributed by atoms with Crippen LogP contribution in [0.3, 0.4) is 0 Å². The Hall–Kier alpha value is -1.94.